The quantitative estimate of drug-likeness (QED) is 0.319. The number of pyridine rings is 1. The topological polar surface area (TPSA) is 88.1 Å². The highest BCUT2D eigenvalue weighted by Gasteiger charge is 2.22. The van der Waals surface area contributed by atoms with E-state index in [9.17, 15) is 14.3 Å². The van der Waals surface area contributed by atoms with Gasteiger partial charge in [0.15, 0.2) is 11.6 Å². The van der Waals surface area contributed by atoms with Crippen LogP contribution in [0.1, 0.15) is 35.7 Å². The van der Waals surface area contributed by atoms with Crippen LogP contribution in [0.2, 0.25) is 0 Å². The molecule has 0 aliphatic heterocycles. The van der Waals surface area contributed by atoms with E-state index >= 15 is 0 Å². The fourth-order valence-electron chi connectivity index (χ4n) is 4.40. The number of nitrogens with one attached hydrogen (secondary N) is 1. The SMILES string of the molecule is COc1cc(-c2c(C(C)C)c(-c3ccc(C(=O)O)cc3)nc3cc4[nH]ncc4cc23)ccc1F. The molecule has 7 heteroatoms. The Balaban J connectivity index is 1.90. The van der Waals surface area contributed by atoms with Gasteiger partial charge in [0.1, 0.15) is 0 Å². The van der Waals surface area contributed by atoms with Crippen molar-refractivity contribution in [2.24, 2.45) is 0 Å². The Morgan fingerprint density at radius 1 is 1.06 bits per heavy atom. The first-order chi connectivity index (χ1) is 16.4. The Labute approximate surface area is 195 Å². The van der Waals surface area contributed by atoms with E-state index in [2.05, 4.69) is 24.0 Å². The number of rotatable bonds is 5. The number of fused-ring (bicyclic) bond motifs is 2. The number of hydrogen-bond acceptors (Lipinski definition) is 4. The van der Waals surface area contributed by atoms with Crippen molar-refractivity contribution >= 4 is 27.8 Å². The van der Waals surface area contributed by atoms with Crippen LogP contribution in [0.5, 0.6) is 5.75 Å². The van der Waals surface area contributed by atoms with E-state index in [1.807, 2.05) is 12.1 Å². The van der Waals surface area contributed by atoms with Gasteiger partial charge >= 0.3 is 5.97 Å². The Bertz CT molecular complexity index is 1560. The lowest BCUT2D eigenvalue weighted by Gasteiger charge is -2.21. The van der Waals surface area contributed by atoms with Gasteiger partial charge in [-0.25, -0.2) is 14.2 Å². The van der Waals surface area contributed by atoms with Crippen molar-refractivity contribution in [1.29, 1.82) is 0 Å². The molecule has 0 saturated carbocycles. The fourth-order valence-corrected chi connectivity index (χ4v) is 4.40. The molecule has 0 atom stereocenters. The molecule has 0 aliphatic carbocycles. The third kappa shape index (κ3) is 3.55. The van der Waals surface area contributed by atoms with Crippen LogP contribution in [0.3, 0.4) is 0 Å². The molecule has 6 nitrogen and oxygen atoms in total. The van der Waals surface area contributed by atoms with Crippen LogP contribution in [0.25, 0.3) is 44.2 Å². The molecule has 0 radical (unpaired) electrons. The zero-order chi connectivity index (χ0) is 24.0. The van der Waals surface area contributed by atoms with Crippen molar-refractivity contribution in [1.82, 2.24) is 15.2 Å². The van der Waals surface area contributed by atoms with E-state index < -0.39 is 11.8 Å². The lowest BCUT2D eigenvalue weighted by Crippen LogP contribution is -2.03. The second kappa shape index (κ2) is 8.26. The van der Waals surface area contributed by atoms with Gasteiger partial charge in [-0.05, 0) is 59.0 Å². The number of carboxylic acids is 1. The summed E-state index contributed by atoms with van der Waals surface area (Å²) >= 11 is 0. The first-order valence-electron chi connectivity index (χ1n) is 10.9. The molecule has 2 heterocycles. The highest BCUT2D eigenvalue weighted by Crippen LogP contribution is 2.42. The number of aromatic nitrogens is 3. The molecule has 0 spiro atoms. The van der Waals surface area contributed by atoms with E-state index in [-0.39, 0.29) is 17.2 Å². The molecule has 2 aromatic heterocycles. The third-order valence-corrected chi connectivity index (χ3v) is 6.00. The number of carbonyl (C=O) groups is 1. The maximum atomic E-state index is 14.3. The summed E-state index contributed by atoms with van der Waals surface area (Å²) in [6.45, 7) is 4.16. The third-order valence-electron chi connectivity index (χ3n) is 6.00. The van der Waals surface area contributed by atoms with Crippen molar-refractivity contribution in [3.05, 3.63) is 77.7 Å². The van der Waals surface area contributed by atoms with Crippen LogP contribution in [-0.2, 0) is 0 Å². The minimum atomic E-state index is -0.983. The van der Waals surface area contributed by atoms with Crippen molar-refractivity contribution in [3.63, 3.8) is 0 Å². The smallest absolute Gasteiger partial charge is 0.335 e. The van der Waals surface area contributed by atoms with E-state index in [1.165, 1.54) is 13.2 Å². The molecular formula is C27H22FN3O3. The van der Waals surface area contributed by atoms with E-state index in [4.69, 9.17) is 9.72 Å². The molecule has 34 heavy (non-hydrogen) atoms. The fraction of sp³-hybridized carbons (Fsp3) is 0.148. The van der Waals surface area contributed by atoms with Crippen LogP contribution in [0.4, 0.5) is 4.39 Å². The van der Waals surface area contributed by atoms with Crippen LogP contribution in [-0.4, -0.2) is 33.4 Å². The zero-order valence-corrected chi connectivity index (χ0v) is 18.9. The molecule has 170 valence electrons. The van der Waals surface area contributed by atoms with Crippen molar-refractivity contribution < 1.29 is 19.0 Å². The number of ether oxygens (including phenoxy) is 1. The number of H-pyrrole nitrogens is 1. The van der Waals surface area contributed by atoms with Gasteiger partial charge in [-0.3, -0.25) is 5.10 Å². The van der Waals surface area contributed by atoms with Gasteiger partial charge in [0, 0.05) is 16.3 Å². The number of benzene rings is 3. The number of hydrogen-bond donors (Lipinski definition) is 2. The van der Waals surface area contributed by atoms with Gasteiger partial charge in [0.25, 0.3) is 0 Å². The molecular weight excluding hydrogens is 433 g/mol. The molecule has 0 amide bonds. The van der Waals surface area contributed by atoms with Gasteiger partial charge in [0.2, 0.25) is 0 Å². The first-order valence-corrected chi connectivity index (χ1v) is 10.9. The largest absolute Gasteiger partial charge is 0.494 e. The van der Waals surface area contributed by atoms with Crippen molar-refractivity contribution in [3.8, 4) is 28.1 Å². The summed E-state index contributed by atoms with van der Waals surface area (Å²) in [5, 5.41) is 18.3. The molecule has 0 aliphatic rings. The molecule has 0 bridgehead atoms. The summed E-state index contributed by atoms with van der Waals surface area (Å²) in [6.07, 6.45) is 1.76. The normalized spacial score (nSPS) is 11.4. The average Bonchev–Trinajstić information content (AvgIpc) is 3.29. The van der Waals surface area contributed by atoms with Gasteiger partial charge < -0.3 is 9.84 Å². The van der Waals surface area contributed by atoms with Crippen molar-refractivity contribution in [2.75, 3.05) is 7.11 Å². The zero-order valence-electron chi connectivity index (χ0n) is 18.9. The van der Waals surface area contributed by atoms with Gasteiger partial charge in [-0.15, -0.1) is 0 Å². The van der Waals surface area contributed by atoms with Gasteiger partial charge in [-0.2, -0.15) is 5.10 Å². The number of nitrogens with zero attached hydrogens (tertiary/aromatic N) is 2. The number of aromatic amines is 1. The Morgan fingerprint density at radius 3 is 2.47 bits per heavy atom. The molecule has 5 aromatic rings. The standard InChI is InChI=1S/C27H22FN3O3/c1-14(2)24-25(17-8-9-20(28)23(11-17)34-3)19-10-18-13-29-31-21(18)12-22(19)30-26(24)15-4-6-16(7-5-15)27(32)33/h4-14H,1-3H3,(H,29,31)(H,32,33). The summed E-state index contributed by atoms with van der Waals surface area (Å²) in [5.74, 6) is -1.19. The Morgan fingerprint density at radius 2 is 1.79 bits per heavy atom. The summed E-state index contributed by atoms with van der Waals surface area (Å²) < 4.78 is 19.5. The number of carboxylic acid groups (broad SMARTS) is 1. The van der Waals surface area contributed by atoms with Crippen molar-refractivity contribution in [2.45, 2.75) is 19.8 Å². The number of halogens is 1. The van der Waals surface area contributed by atoms with E-state index in [0.717, 1.165) is 49.8 Å². The minimum absolute atomic E-state index is 0.0668. The van der Waals surface area contributed by atoms with Crippen LogP contribution in [0.15, 0.2) is 60.8 Å². The summed E-state index contributed by atoms with van der Waals surface area (Å²) in [5.41, 5.74) is 6.07. The predicted molar refractivity (Wildman–Crippen MR) is 130 cm³/mol. The number of aromatic carboxylic acids is 1. The minimum Gasteiger partial charge on any atom is -0.494 e. The maximum absolute atomic E-state index is 14.3. The first kappa shape index (κ1) is 21.6. The molecule has 3 aromatic carbocycles. The second-order valence-corrected chi connectivity index (χ2v) is 8.46. The van der Waals surface area contributed by atoms with E-state index in [0.29, 0.717) is 0 Å². The molecule has 2 N–H and O–H groups in total. The Kier molecular flexibility index (Phi) is 5.24. The highest BCUT2D eigenvalue weighted by molar-refractivity contribution is 6.05. The molecule has 0 saturated heterocycles. The average molecular weight is 455 g/mol. The predicted octanol–water partition coefficient (Wildman–Crippen LogP) is 6.41. The summed E-state index contributed by atoms with van der Waals surface area (Å²) in [4.78, 5) is 16.4. The van der Waals surface area contributed by atoms with Gasteiger partial charge in [0.05, 0.1) is 35.6 Å². The monoisotopic (exact) mass is 455 g/mol. The number of methoxy groups -OCH3 is 1. The van der Waals surface area contributed by atoms with Gasteiger partial charge in [-0.1, -0.05) is 32.0 Å². The second-order valence-electron chi connectivity index (χ2n) is 8.46. The lowest BCUT2D eigenvalue weighted by molar-refractivity contribution is 0.0697. The summed E-state index contributed by atoms with van der Waals surface area (Å²) in [7, 11) is 1.45. The molecule has 0 fully saturated rings. The van der Waals surface area contributed by atoms with Crippen LogP contribution in [0, 0.1) is 5.82 Å². The van der Waals surface area contributed by atoms with Crippen LogP contribution < -0.4 is 4.74 Å². The van der Waals surface area contributed by atoms with Crippen LogP contribution >= 0.6 is 0 Å². The summed E-state index contributed by atoms with van der Waals surface area (Å²) in [6, 6.07) is 15.5. The Hall–Kier alpha value is -4.26. The molecule has 5 rings (SSSR count). The van der Waals surface area contributed by atoms with E-state index in [1.54, 1.807) is 42.6 Å². The maximum Gasteiger partial charge on any atom is 0.335 e. The lowest BCUT2D eigenvalue weighted by atomic mass is 9.86. The highest BCUT2D eigenvalue weighted by atomic mass is 19.1. The molecule has 0 unspecified atom stereocenters.